The molecule has 0 aliphatic carbocycles. The molecule has 1 aromatic heterocycles. The summed E-state index contributed by atoms with van der Waals surface area (Å²) >= 11 is 0. The fourth-order valence-electron chi connectivity index (χ4n) is 2.18. The Balaban J connectivity index is 2.12. The molecule has 2 rings (SSSR count). The van der Waals surface area contributed by atoms with Crippen LogP contribution in [0.5, 0.6) is 0 Å². The van der Waals surface area contributed by atoms with Crippen molar-refractivity contribution in [2.24, 2.45) is 7.05 Å². The number of anilines is 1. The van der Waals surface area contributed by atoms with Crippen LogP contribution >= 0.6 is 0 Å². The van der Waals surface area contributed by atoms with Crippen LogP contribution in [0.4, 0.5) is 5.69 Å². The zero-order chi connectivity index (χ0) is 14.8. The number of nitriles is 1. The average molecular weight is 268 g/mol. The summed E-state index contributed by atoms with van der Waals surface area (Å²) in [6.07, 6.45) is 1.80. The van der Waals surface area contributed by atoms with E-state index in [1.165, 1.54) is 0 Å². The molecule has 4 nitrogen and oxygen atoms in total. The van der Waals surface area contributed by atoms with Gasteiger partial charge in [0.2, 0.25) is 0 Å². The molecule has 1 N–H and O–H groups in total. The molecule has 0 radical (unpaired) electrons. The minimum absolute atomic E-state index is 0.178. The lowest BCUT2D eigenvalue weighted by Crippen LogP contribution is -2.14. The highest BCUT2D eigenvalue weighted by Crippen LogP contribution is 2.25. The molecule has 2 aromatic rings. The molecular formula is C16H20N4. The molecule has 0 saturated carbocycles. The van der Waals surface area contributed by atoms with Gasteiger partial charge in [0.05, 0.1) is 23.2 Å². The molecule has 20 heavy (non-hydrogen) atoms. The zero-order valence-corrected chi connectivity index (χ0v) is 12.4. The van der Waals surface area contributed by atoms with Crippen LogP contribution in [-0.4, -0.2) is 9.78 Å². The summed E-state index contributed by atoms with van der Waals surface area (Å²) in [5, 5.41) is 16.8. The van der Waals surface area contributed by atoms with E-state index in [1.807, 2.05) is 55.9 Å². The molecule has 1 heterocycles. The van der Waals surface area contributed by atoms with Gasteiger partial charge in [-0.15, -0.1) is 0 Å². The van der Waals surface area contributed by atoms with Crippen LogP contribution in [0.3, 0.4) is 0 Å². The monoisotopic (exact) mass is 268 g/mol. The molecule has 1 aromatic carbocycles. The van der Waals surface area contributed by atoms with Crippen LogP contribution in [0.15, 0.2) is 36.5 Å². The number of nitrogens with zero attached hydrogens (tertiary/aromatic N) is 3. The van der Waals surface area contributed by atoms with Crippen LogP contribution in [0.1, 0.15) is 38.1 Å². The lowest BCUT2D eigenvalue weighted by Gasteiger charge is -2.18. The molecule has 0 saturated heterocycles. The van der Waals surface area contributed by atoms with Gasteiger partial charge in [0.15, 0.2) is 0 Å². The van der Waals surface area contributed by atoms with Gasteiger partial charge in [-0.05, 0) is 44.5 Å². The Morgan fingerprint density at radius 1 is 1.25 bits per heavy atom. The highest BCUT2D eigenvalue weighted by molar-refractivity contribution is 5.48. The van der Waals surface area contributed by atoms with Gasteiger partial charge in [0.25, 0.3) is 0 Å². The van der Waals surface area contributed by atoms with Crippen molar-refractivity contribution in [3.8, 4) is 6.07 Å². The molecule has 1 atom stereocenters. The number of nitrogens with one attached hydrogen (secondary N) is 1. The van der Waals surface area contributed by atoms with E-state index in [0.717, 1.165) is 16.9 Å². The van der Waals surface area contributed by atoms with Crippen molar-refractivity contribution in [2.75, 3.05) is 5.32 Å². The van der Waals surface area contributed by atoms with Crippen molar-refractivity contribution in [2.45, 2.75) is 32.2 Å². The van der Waals surface area contributed by atoms with Crippen LogP contribution in [-0.2, 0) is 12.5 Å². The van der Waals surface area contributed by atoms with Gasteiger partial charge in [0, 0.05) is 18.9 Å². The molecule has 0 aliphatic rings. The van der Waals surface area contributed by atoms with Crippen molar-refractivity contribution < 1.29 is 0 Å². The van der Waals surface area contributed by atoms with E-state index in [9.17, 15) is 0 Å². The number of aromatic nitrogens is 2. The first kappa shape index (κ1) is 14.1. The van der Waals surface area contributed by atoms with Crippen LogP contribution in [0.25, 0.3) is 0 Å². The van der Waals surface area contributed by atoms with Crippen LogP contribution < -0.4 is 5.32 Å². The first-order valence-electron chi connectivity index (χ1n) is 6.70. The smallest absolute Gasteiger partial charge is 0.0766 e. The number of hydrogen-bond donors (Lipinski definition) is 1. The summed E-state index contributed by atoms with van der Waals surface area (Å²) in [6.45, 7) is 5.95. The summed E-state index contributed by atoms with van der Waals surface area (Å²) in [7, 11) is 1.94. The van der Waals surface area contributed by atoms with E-state index in [4.69, 9.17) is 5.26 Å². The van der Waals surface area contributed by atoms with E-state index < -0.39 is 5.41 Å². The zero-order valence-electron chi connectivity index (χ0n) is 12.4. The summed E-state index contributed by atoms with van der Waals surface area (Å²) in [5.41, 5.74) is 2.74. The molecule has 0 aliphatic heterocycles. The maximum Gasteiger partial charge on any atom is 0.0766 e. The third kappa shape index (κ3) is 2.83. The summed E-state index contributed by atoms with van der Waals surface area (Å²) in [5.74, 6) is 0. The Bertz CT molecular complexity index is 617. The molecular weight excluding hydrogens is 248 g/mol. The Hall–Kier alpha value is -2.28. The van der Waals surface area contributed by atoms with Crippen molar-refractivity contribution in [1.29, 1.82) is 5.26 Å². The van der Waals surface area contributed by atoms with Gasteiger partial charge in [0.1, 0.15) is 0 Å². The third-order valence-electron chi connectivity index (χ3n) is 3.57. The fourth-order valence-corrected chi connectivity index (χ4v) is 2.18. The second-order valence-corrected chi connectivity index (χ2v) is 5.56. The molecule has 0 bridgehead atoms. The number of hydrogen-bond acceptors (Lipinski definition) is 3. The number of rotatable bonds is 4. The Labute approximate surface area is 120 Å². The van der Waals surface area contributed by atoms with Gasteiger partial charge in [-0.3, -0.25) is 4.68 Å². The summed E-state index contributed by atoms with van der Waals surface area (Å²) in [6, 6.07) is 12.5. The van der Waals surface area contributed by atoms with Crippen molar-refractivity contribution >= 4 is 5.69 Å². The van der Waals surface area contributed by atoms with Gasteiger partial charge in [-0.25, -0.2) is 0 Å². The van der Waals surface area contributed by atoms with Gasteiger partial charge in [-0.2, -0.15) is 10.4 Å². The maximum absolute atomic E-state index is 9.14. The lowest BCUT2D eigenvalue weighted by atomic mass is 9.86. The van der Waals surface area contributed by atoms with Crippen molar-refractivity contribution in [3.63, 3.8) is 0 Å². The first-order chi connectivity index (χ1) is 9.44. The quantitative estimate of drug-likeness (QED) is 0.924. The SMILES string of the molecule is CC(Nc1ccc(C(C)(C)C#N)cc1)c1ccnn1C. The van der Waals surface area contributed by atoms with E-state index in [2.05, 4.69) is 23.4 Å². The van der Waals surface area contributed by atoms with Gasteiger partial charge in [-0.1, -0.05) is 12.1 Å². The molecule has 0 amide bonds. The van der Waals surface area contributed by atoms with E-state index in [1.54, 1.807) is 6.20 Å². The highest BCUT2D eigenvalue weighted by Gasteiger charge is 2.19. The predicted octanol–water partition coefficient (Wildman–Crippen LogP) is 3.39. The van der Waals surface area contributed by atoms with Gasteiger partial charge < -0.3 is 5.32 Å². The largest absolute Gasteiger partial charge is 0.377 e. The van der Waals surface area contributed by atoms with Crippen molar-refractivity contribution in [1.82, 2.24) is 9.78 Å². The third-order valence-corrected chi connectivity index (χ3v) is 3.57. The predicted molar refractivity (Wildman–Crippen MR) is 80.3 cm³/mol. The topological polar surface area (TPSA) is 53.6 Å². The van der Waals surface area contributed by atoms with Crippen LogP contribution in [0.2, 0.25) is 0 Å². The number of aryl methyl sites for hydroxylation is 1. The summed E-state index contributed by atoms with van der Waals surface area (Å²) in [4.78, 5) is 0. The fraction of sp³-hybridized carbons (Fsp3) is 0.375. The Morgan fingerprint density at radius 3 is 2.40 bits per heavy atom. The van der Waals surface area contributed by atoms with E-state index in [0.29, 0.717) is 0 Å². The second-order valence-electron chi connectivity index (χ2n) is 5.56. The standard InChI is InChI=1S/C16H20N4/c1-12(15-9-10-18-20(15)4)19-14-7-5-13(6-8-14)16(2,3)11-17/h5-10,12,19H,1-4H3. The molecule has 104 valence electrons. The molecule has 1 unspecified atom stereocenters. The Morgan fingerprint density at radius 2 is 1.90 bits per heavy atom. The lowest BCUT2D eigenvalue weighted by molar-refractivity contribution is 0.675. The number of benzene rings is 1. The minimum atomic E-state index is -0.452. The maximum atomic E-state index is 9.14. The first-order valence-corrected chi connectivity index (χ1v) is 6.70. The van der Waals surface area contributed by atoms with E-state index in [-0.39, 0.29) is 6.04 Å². The van der Waals surface area contributed by atoms with Gasteiger partial charge >= 0.3 is 0 Å². The minimum Gasteiger partial charge on any atom is -0.377 e. The summed E-state index contributed by atoms with van der Waals surface area (Å²) < 4.78 is 1.87. The second kappa shape index (κ2) is 5.38. The molecule has 0 fully saturated rings. The van der Waals surface area contributed by atoms with Crippen LogP contribution in [0, 0.1) is 11.3 Å². The van der Waals surface area contributed by atoms with Crippen molar-refractivity contribution in [3.05, 3.63) is 47.8 Å². The normalized spacial score (nSPS) is 12.8. The van der Waals surface area contributed by atoms with E-state index >= 15 is 0 Å². The Kier molecular flexibility index (Phi) is 3.80. The molecule has 4 heteroatoms. The highest BCUT2D eigenvalue weighted by atomic mass is 15.3. The average Bonchev–Trinajstić information content (AvgIpc) is 2.85. The molecule has 0 spiro atoms.